The Hall–Kier alpha value is -3.29. The van der Waals surface area contributed by atoms with Crippen LogP contribution in [0.15, 0.2) is 55.0 Å². The summed E-state index contributed by atoms with van der Waals surface area (Å²) in [5.74, 6) is -0.0283. The Morgan fingerprint density at radius 3 is 2.79 bits per heavy atom. The molecule has 3 aromatic rings. The fourth-order valence-electron chi connectivity index (χ4n) is 3.58. The maximum atomic E-state index is 12.9. The molecule has 28 heavy (non-hydrogen) atoms. The van der Waals surface area contributed by atoms with E-state index >= 15 is 0 Å². The van der Waals surface area contributed by atoms with Gasteiger partial charge in [0.25, 0.3) is 0 Å². The van der Waals surface area contributed by atoms with Crippen molar-refractivity contribution in [2.24, 2.45) is 0 Å². The van der Waals surface area contributed by atoms with Gasteiger partial charge in [-0.15, -0.1) is 0 Å². The molecule has 1 aliphatic rings. The number of likely N-dealkylation sites (tertiary alicyclic amines) is 1. The summed E-state index contributed by atoms with van der Waals surface area (Å²) in [6, 6.07) is 9.89. The van der Waals surface area contributed by atoms with Crippen LogP contribution < -0.4 is 10.1 Å². The molecule has 2 aromatic heterocycles. The number of hydrogen-bond acceptors (Lipinski definition) is 4. The molecule has 1 aliphatic heterocycles. The second-order valence-electron chi connectivity index (χ2n) is 6.45. The van der Waals surface area contributed by atoms with Gasteiger partial charge in [0.1, 0.15) is 5.52 Å². The van der Waals surface area contributed by atoms with E-state index in [0.29, 0.717) is 17.6 Å². The molecule has 1 atom stereocenters. The van der Waals surface area contributed by atoms with E-state index in [9.17, 15) is 13.6 Å². The third-order valence-corrected chi connectivity index (χ3v) is 4.79. The predicted molar refractivity (Wildman–Crippen MR) is 100 cm³/mol. The molecule has 0 aliphatic carbocycles. The van der Waals surface area contributed by atoms with Crippen molar-refractivity contribution in [3.63, 3.8) is 0 Å². The van der Waals surface area contributed by atoms with Crippen LogP contribution in [0.25, 0.3) is 10.9 Å². The van der Waals surface area contributed by atoms with Crippen molar-refractivity contribution in [1.82, 2.24) is 14.9 Å². The summed E-state index contributed by atoms with van der Waals surface area (Å²) in [6.45, 7) is -2.31. The first kappa shape index (κ1) is 18.1. The van der Waals surface area contributed by atoms with E-state index in [0.717, 1.165) is 18.4 Å². The first-order valence-electron chi connectivity index (χ1n) is 8.93. The number of nitrogens with zero attached hydrogens (tertiary/aromatic N) is 3. The Balaban J connectivity index is 1.60. The van der Waals surface area contributed by atoms with Gasteiger partial charge in [-0.3, -0.25) is 9.97 Å². The summed E-state index contributed by atoms with van der Waals surface area (Å²) in [5, 5.41) is 3.43. The average molecular weight is 384 g/mol. The number of halogens is 2. The number of anilines is 1. The first-order chi connectivity index (χ1) is 13.6. The highest BCUT2D eigenvalue weighted by Gasteiger charge is 2.30. The topological polar surface area (TPSA) is 67.3 Å². The minimum absolute atomic E-state index is 0.0196. The molecular formula is C20H18F2N4O2. The quantitative estimate of drug-likeness (QED) is 0.714. The van der Waals surface area contributed by atoms with Gasteiger partial charge < -0.3 is 15.0 Å². The Bertz CT molecular complexity index is 984. The Kier molecular flexibility index (Phi) is 5.01. The number of hydrogen-bond donors (Lipinski definition) is 1. The van der Waals surface area contributed by atoms with Crippen molar-refractivity contribution in [2.75, 3.05) is 11.9 Å². The number of carbonyl (C=O) groups is 1. The van der Waals surface area contributed by atoms with Gasteiger partial charge in [-0.05, 0) is 54.8 Å². The molecule has 144 valence electrons. The fourth-order valence-corrected chi connectivity index (χ4v) is 3.58. The molecule has 3 heterocycles. The van der Waals surface area contributed by atoms with E-state index in [2.05, 4.69) is 20.0 Å². The highest BCUT2D eigenvalue weighted by atomic mass is 19.3. The Morgan fingerprint density at radius 1 is 1.18 bits per heavy atom. The lowest BCUT2D eigenvalue weighted by Gasteiger charge is -2.25. The number of benzene rings is 1. The number of rotatable bonds is 4. The summed E-state index contributed by atoms with van der Waals surface area (Å²) in [6.07, 6.45) is 6.70. The van der Waals surface area contributed by atoms with Gasteiger partial charge in [0.2, 0.25) is 0 Å². The van der Waals surface area contributed by atoms with Crippen LogP contribution in [-0.2, 0) is 0 Å². The Labute approximate surface area is 160 Å². The van der Waals surface area contributed by atoms with E-state index in [1.165, 1.54) is 12.3 Å². The lowest BCUT2D eigenvalue weighted by atomic mass is 10.1. The summed E-state index contributed by atoms with van der Waals surface area (Å²) < 4.78 is 29.8. The second kappa shape index (κ2) is 7.75. The number of pyridine rings is 2. The van der Waals surface area contributed by atoms with Crippen LogP contribution in [0, 0.1) is 0 Å². The minimum atomic E-state index is -2.95. The molecule has 0 radical (unpaired) electrons. The van der Waals surface area contributed by atoms with Gasteiger partial charge in [-0.25, -0.2) is 4.79 Å². The number of nitrogens with one attached hydrogen (secondary N) is 1. The molecule has 1 unspecified atom stereocenters. The van der Waals surface area contributed by atoms with Crippen molar-refractivity contribution in [1.29, 1.82) is 0 Å². The first-order valence-corrected chi connectivity index (χ1v) is 8.93. The van der Waals surface area contributed by atoms with Gasteiger partial charge >= 0.3 is 12.6 Å². The van der Waals surface area contributed by atoms with Crippen molar-refractivity contribution in [3.8, 4) is 5.75 Å². The summed E-state index contributed by atoms with van der Waals surface area (Å²) >= 11 is 0. The molecule has 1 N–H and O–H groups in total. The van der Waals surface area contributed by atoms with Crippen LogP contribution >= 0.6 is 0 Å². The third-order valence-electron chi connectivity index (χ3n) is 4.79. The summed E-state index contributed by atoms with van der Waals surface area (Å²) in [5.41, 5.74) is 1.80. The Morgan fingerprint density at radius 2 is 2.00 bits per heavy atom. The molecule has 8 heteroatoms. The zero-order chi connectivity index (χ0) is 19.5. The zero-order valence-electron chi connectivity index (χ0n) is 14.9. The van der Waals surface area contributed by atoms with E-state index < -0.39 is 6.61 Å². The van der Waals surface area contributed by atoms with Crippen LogP contribution in [0.4, 0.5) is 19.3 Å². The van der Waals surface area contributed by atoms with Crippen LogP contribution in [0.1, 0.15) is 24.4 Å². The maximum Gasteiger partial charge on any atom is 0.387 e. The standard InChI is InChI=1S/C20H18F2N4O2/c21-19(22)28-17-6-5-15(14-3-1-9-24-18(14)17)25-20(27)26-12-2-4-16(26)13-7-10-23-11-8-13/h1,3,5-11,16,19H,2,4,12H2,(H,25,27). The van der Waals surface area contributed by atoms with Crippen molar-refractivity contribution < 1.29 is 18.3 Å². The molecule has 6 nitrogen and oxygen atoms in total. The number of alkyl halides is 2. The second-order valence-corrected chi connectivity index (χ2v) is 6.45. The minimum Gasteiger partial charge on any atom is -0.432 e. The normalized spacial score (nSPS) is 16.5. The SMILES string of the molecule is O=C(Nc1ccc(OC(F)F)c2ncccc12)N1CCCC1c1ccncc1. The van der Waals surface area contributed by atoms with E-state index in [1.807, 2.05) is 12.1 Å². The van der Waals surface area contributed by atoms with Crippen LogP contribution in [0.5, 0.6) is 5.75 Å². The molecule has 1 saturated heterocycles. The highest BCUT2D eigenvalue weighted by molar-refractivity contribution is 6.02. The number of ether oxygens (including phenoxy) is 1. The molecular weight excluding hydrogens is 366 g/mol. The lowest BCUT2D eigenvalue weighted by Crippen LogP contribution is -2.34. The van der Waals surface area contributed by atoms with Crippen molar-refractivity contribution >= 4 is 22.6 Å². The van der Waals surface area contributed by atoms with Gasteiger partial charge in [0.05, 0.1) is 11.7 Å². The number of urea groups is 1. The molecule has 0 spiro atoms. The van der Waals surface area contributed by atoms with E-state index in [1.54, 1.807) is 35.5 Å². The average Bonchev–Trinajstić information content (AvgIpc) is 3.20. The van der Waals surface area contributed by atoms with Gasteiger partial charge in [-0.1, -0.05) is 0 Å². The smallest absolute Gasteiger partial charge is 0.387 e. The number of carbonyl (C=O) groups excluding carboxylic acids is 1. The third kappa shape index (κ3) is 3.58. The van der Waals surface area contributed by atoms with Crippen molar-refractivity contribution in [2.45, 2.75) is 25.5 Å². The van der Waals surface area contributed by atoms with E-state index in [4.69, 9.17) is 0 Å². The lowest BCUT2D eigenvalue weighted by molar-refractivity contribution is -0.0489. The molecule has 1 fully saturated rings. The number of aromatic nitrogens is 2. The predicted octanol–water partition coefficient (Wildman–Crippen LogP) is 4.60. The van der Waals surface area contributed by atoms with Crippen molar-refractivity contribution in [3.05, 3.63) is 60.6 Å². The molecule has 2 amide bonds. The monoisotopic (exact) mass is 384 g/mol. The van der Waals surface area contributed by atoms with Crippen LogP contribution in [0.3, 0.4) is 0 Å². The molecule has 0 saturated carbocycles. The molecule has 0 bridgehead atoms. The zero-order valence-corrected chi connectivity index (χ0v) is 14.9. The van der Waals surface area contributed by atoms with E-state index in [-0.39, 0.29) is 23.3 Å². The maximum absolute atomic E-state index is 12.9. The molecule has 1 aromatic carbocycles. The fraction of sp³-hybridized carbons (Fsp3) is 0.250. The highest BCUT2D eigenvalue weighted by Crippen LogP contribution is 2.34. The van der Waals surface area contributed by atoms with Gasteiger partial charge in [0.15, 0.2) is 5.75 Å². The van der Waals surface area contributed by atoms with Crippen LogP contribution in [0.2, 0.25) is 0 Å². The van der Waals surface area contributed by atoms with Gasteiger partial charge in [0, 0.05) is 30.5 Å². The largest absolute Gasteiger partial charge is 0.432 e. The van der Waals surface area contributed by atoms with Gasteiger partial charge in [-0.2, -0.15) is 8.78 Å². The number of amides is 2. The summed E-state index contributed by atoms with van der Waals surface area (Å²) in [7, 11) is 0. The summed E-state index contributed by atoms with van der Waals surface area (Å²) in [4.78, 5) is 22.9. The van der Waals surface area contributed by atoms with Crippen LogP contribution in [-0.4, -0.2) is 34.1 Å². The number of fused-ring (bicyclic) bond motifs is 1. The molecule has 4 rings (SSSR count).